The number of halogens is 1. The van der Waals surface area contributed by atoms with E-state index in [1.165, 1.54) is 6.20 Å². The lowest BCUT2D eigenvalue weighted by Gasteiger charge is -2.55. The SMILES string of the molecule is CN1C(C)(C)CC(N(Cc2ccccc2)c2nc(Nc3ccc4c(c3)OCCO4)ncc2F)CC1(C)C. The molecule has 0 amide bonds. The van der Waals surface area contributed by atoms with Crippen LogP contribution < -0.4 is 19.7 Å². The first kappa shape index (κ1) is 25.3. The molecule has 0 bridgehead atoms. The third-order valence-corrected chi connectivity index (χ3v) is 7.72. The molecule has 2 aromatic carbocycles. The van der Waals surface area contributed by atoms with Crippen LogP contribution in [-0.2, 0) is 6.54 Å². The minimum absolute atomic E-state index is 0.0584. The summed E-state index contributed by atoms with van der Waals surface area (Å²) < 4.78 is 26.8. The van der Waals surface area contributed by atoms with Crippen LogP contribution in [0.4, 0.5) is 21.8 Å². The standard InChI is InChI=1S/C29H36FN5O2/c1-28(2)16-22(17-29(3,4)34(28)5)35(19-20-9-7-6-8-10-20)26-23(30)18-31-27(33-26)32-21-11-12-24-25(15-21)37-14-13-36-24/h6-12,15,18,22H,13-14,16-17,19H2,1-5H3,(H,31,32,33). The quantitative estimate of drug-likeness (QED) is 0.455. The predicted octanol–water partition coefficient (Wildman–Crippen LogP) is 5.79. The zero-order valence-corrected chi connectivity index (χ0v) is 22.3. The lowest BCUT2D eigenvalue weighted by molar-refractivity contribution is -0.0132. The number of fused-ring (bicyclic) bond motifs is 1. The van der Waals surface area contributed by atoms with Crippen LogP contribution in [0.2, 0.25) is 0 Å². The molecule has 0 aliphatic carbocycles. The van der Waals surface area contributed by atoms with Gasteiger partial charge in [0.25, 0.3) is 0 Å². The van der Waals surface area contributed by atoms with Crippen molar-refractivity contribution in [1.82, 2.24) is 14.9 Å². The number of piperidine rings is 1. The van der Waals surface area contributed by atoms with E-state index in [1.807, 2.05) is 36.4 Å². The number of benzene rings is 2. The Morgan fingerprint density at radius 1 is 1.00 bits per heavy atom. The third-order valence-electron chi connectivity index (χ3n) is 7.72. The summed E-state index contributed by atoms with van der Waals surface area (Å²) in [6.45, 7) is 10.6. The topological polar surface area (TPSA) is 62.8 Å². The minimum atomic E-state index is -0.432. The highest BCUT2D eigenvalue weighted by atomic mass is 19.1. The Kier molecular flexibility index (Phi) is 6.70. The Hall–Kier alpha value is -3.39. The Labute approximate surface area is 218 Å². The fourth-order valence-corrected chi connectivity index (χ4v) is 5.57. The maximum Gasteiger partial charge on any atom is 0.229 e. The number of nitrogens with one attached hydrogen (secondary N) is 1. The van der Waals surface area contributed by atoms with Crippen molar-refractivity contribution in [2.24, 2.45) is 0 Å². The number of aromatic nitrogens is 2. The van der Waals surface area contributed by atoms with Crippen molar-refractivity contribution in [2.45, 2.75) is 64.2 Å². The van der Waals surface area contributed by atoms with Gasteiger partial charge in [0.2, 0.25) is 5.95 Å². The van der Waals surface area contributed by atoms with Gasteiger partial charge in [-0.15, -0.1) is 0 Å². The van der Waals surface area contributed by atoms with Gasteiger partial charge >= 0.3 is 0 Å². The normalized spacial score (nSPS) is 18.9. The van der Waals surface area contributed by atoms with Gasteiger partial charge in [0.05, 0.1) is 6.20 Å². The molecule has 2 aliphatic heterocycles. The fraction of sp³-hybridized carbons (Fsp3) is 0.448. The summed E-state index contributed by atoms with van der Waals surface area (Å²) >= 11 is 0. The zero-order chi connectivity index (χ0) is 26.2. The molecule has 7 nitrogen and oxygen atoms in total. The van der Waals surface area contributed by atoms with Crippen molar-refractivity contribution < 1.29 is 13.9 Å². The van der Waals surface area contributed by atoms with Crippen LogP contribution in [0.25, 0.3) is 0 Å². The summed E-state index contributed by atoms with van der Waals surface area (Å²) in [5.41, 5.74) is 1.74. The van der Waals surface area contributed by atoms with Gasteiger partial charge in [-0.05, 0) is 65.3 Å². The number of hydrogen-bond donors (Lipinski definition) is 1. The van der Waals surface area contributed by atoms with E-state index in [0.717, 1.165) is 24.1 Å². The van der Waals surface area contributed by atoms with Gasteiger partial charge in [-0.1, -0.05) is 30.3 Å². The van der Waals surface area contributed by atoms with Gasteiger partial charge in [-0.2, -0.15) is 4.98 Å². The summed E-state index contributed by atoms with van der Waals surface area (Å²) in [7, 11) is 2.18. The number of likely N-dealkylation sites (tertiary alicyclic amines) is 1. The van der Waals surface area contributed by atoms with Crippen LogP contribution in [0.1, 0.15) is 46.1 Å². The van der Waals surface area contributed by atoms with E-state index in [9.17, 15) is 0 Å². The van der Waals surface area contributed by atoms with Crippen molar-refractivity contribution in [2.75, 3.05) is 30.5 Å². The number of hydrogen-bond acceptors (Lipinski definition) is 7. The summed E-state index contributed by atoms with van der Waals surface area (Å²) in [4.78, 5) is 13.5. The smallest absolute Gasteiger partial charge is 0.229 e. The van der Waals surface area contributed by atoms with Crippen molar-refractivity contribution in [3.8, 4) is 11.5 Å². The maximum absolute atomic E-state index is 15.5. The van der Waals surface area contributed by atoms with Gasteiger partial charge in [0.1, 0.15) is 13.2 Å². The monoisotopic (exact) mass is 505 g/mol. The maximum atomic E-state index is 15.5. The summed E-state index contributed by atoms with van der Waals surface area (Å²) in [6, 6.07) is 15.9. The average Bonchev–Trinajstić information content (AvgIpc) is 2.87. The van der Waals surface area contributed by atoms with E-state index in [0.29, 0.717) is 43.0 Å². The molecule has 3 aromatic rings. The molecule has 8 heteroatoms. The van der Waals surface area contributed by atoms with Crippen molar-refractivity contribution in [1.29, 1.82) is 0 Å². The Morgan fingerprint density at radius 3 is 2.38 bits per heavy atom. The van der Waals surface area contributed by atoms with Crippen LogP contribution >= 0.6 is 0 Å². The molecule has 3 heterocycles. The zero-order valence-electron chi connectivity index (χ0n) is 22.3. The van der Waals surface area contributed by atoms with Crippen molar-refractivity contribution >= 4 is 17.5 Å². The van der Waals surface area contributed by atoms with Gasteiger partial charge < -0.3 is 19.7 Å². The molecule has 37 heavy (non-hydrogen) atoms. The third kappa shape index (κ3) is 5.34. The first-order valence-electron chi connectivity index (χ1n) is 12.9. The molecule has 196 valence electrons. The first-order chi connectivity index (χ1) is 17.6. The molecule has 1 saturated heterocycles. The van der Waals surface area contributed by atoms with E-state index in [2.05, 4.69) is 67.0 Å². The van der Waals surface area contributed by atoms with Crippen LogP contribution in [-0.4, -0.2) is 52.2 Å². The molecule has 1 N–H and O–H groups in total. The van der Waals surface area contributed by atoms with Gasteiger partial charge in [0.15, 0.2) is 23.1 Å². The van der Waals surface area contributed by atoms with Gasteiger partial charge in [-0.25, -0.2) is 9.37 Å². The fourth-order valence-electron chi connectivity index (χ4n) is 5.57. The van der Waals surface area contributed by atoms with Crippen LogP contribution in [0.5, 0.6) is 11.5 Å². The highest BCUT2D eigenvalue weighted by Gasteiger charge is 2.45. The minimum Gasteiger partial charge on any atom is -0.486 e. The highest BCUT2D eigenvalue weighted by Crippen LogP contribution is 2.41. The molecule has 0 unspecified atom stereocenters. The number of anilines is 3. The van der Waals surface area contributed by atoms with Crippen LogP contribution in [0, 0.1) is 5.82 Å². The van der Waals surface area contributed by atoms with Crippen LogP contribution in [0.3, 0.4) is 0 Å². The van der Waals surface area contributed by atoms with Crippen molar-refractivity contribution in [3.05, 3.63) is 66.1 Å². The van der Waals surface area contributed by atoms with Crippen molar-refractivity contribution in [3.63, 3.8) is 0 Å². The Morgan fingerprint density at radius 2 is 1.68 bits per heavy atom. The second-order valence-electron chi connectivity index (χ2n) is 11.2. The number of ether oxygens (including phenoxy) is 2. The lowest BCUT2D eigenvalue weighted by atomic mass is 9.77. The van der Waals surface area contributed by atoms with E-state index < -0.39 is 5.82 Å². The molecule has 5 rings (SSSR count). The predicted molar refractivity (Wildman–Crippen MR) is 144 cm³/mol. The molecule has 2 aliphatic rings. The molecule has 0 radical (unpaired) electrons. The second-order valence-corrected chi connectivity index (χ2v) is 11.2. The molecule has 1 fully saturated rings. The Balaban J connectivity index is 1.49. The lowest BCUT2D eigenvalue weighted by Crippen LogP contribution is -2.62. The number of rotatable bonds is 6. The van der Waals surface area contributed by atoms with Crippen LogP contribution in [0.15, 0.2) is 54.7 Å². The Bertz CT molecular complexity index is 1230. The number of nitrogens with zero attached hydrogens (tertiary/aromatic N) is 4. The molecule has 1 aromatic heterocycles. The average molecular weight is 506 g/mol. The summed E-state index contributed by atoms with van der Waals surface area (Å²) in [6.07, 6.45) is 3.02. The molecular weight excluding hydrogens is 469 g/mol. The van der Waals surface area contributed by atoms with E-state index in [1.54, 1.807) is 0 Å². The van der Waals surface area contributed by atoms with Gasteiger partial charge in [0, 0.05) is 35.4 Å². The highest BCUT2D eigenvalue weighted by molar-refractivity contribution is 5.61. The first-order valence-corrected chi connectivity index (χ1v) is 12.9. The summed E-state index contributed by atoms with van der Waals surface area (Å²) in [5, 5.41) is 3.22. The molecular formula is C29H36FN5O2. The molecule has 0 saturated carbocycles. The molecule has 0 atom stereocenters. The van der Waals surface area contributed by atoms with E-state index >= 15 is 4.39 Å². The molecule has 0 spiro atoms. The second kappa shape index (κ2) is 9.82. The van der Waals surface area contributed by atoms with Gasteiger partial charge in [-0.3, -0.25) is 4.90 Å². The van der Waals surface area contributed by atoms with E-state index in [-0.39, 0.29) is 17.1 Å². The largest absolute Gasteiger partial charge is 0.486 e. The van der Waals surface area contributed by atoms with E-state index in [4.69, 9.17) is 14.5 Å². The summed E-state index contributed by atoms with van der Waals surface area (Å²) in [5.74, 6) is 1.58.